The molecule has 0 N–H and O–H groups in total. The minimum atomic E-state index is 0.0543. The second-order valence-electron chi connectivity index (χ2n) is 7.40. The van der Waals surface area contributed by atoms with Crippen molar-refractivity contribution in [2.45, 2.75) is 26.8 Å². The number of hydrogen-bond donors (Lipinski definition) is 0. The van der Waals surface area contributed by atoms with Crippen molar-refractivity contribution in [3.8, 4) is 5.69 Å². The summed E-state index contributed by atoms with van der Waals surface area (Å²) in [5.41, 5.74) is 5.17. The Morgan fingerprint density at radius 1 is 1.11 bits per heavy atom. The molecule has 1 aromatic carbocycles. The van der Waals surface area contributed by atoms with Crippen LogP contribution in [0.15, 0.2) is 53.3 Å². The van der Waals surface area contributed by atoms with Gasteiger partial charge in [-0.05, 0) is 44.0 Å². The molecule has 1 saturated heterocycles. The second-order valence-corrected chi connectivity index (χ2v) is 7.40. The first kappa shape index (κ1) is 18.5. The van der Waals surface area contributed by atoms with Crippen LogP contribution in [-0.4, -0.2) is 51.7 Å². The zero-order valence-electron chi connectivity index (χ0n) is 16.5. The summed E-state index contributed by atoms with van der Waals surface area (Å²) < 4.78 is 7.08. The average molecular weight is 378 g/mol. The van der Waals surface area contributed by atoms with Crippen molar-refractivity contribution in [3.63, 3.8) is 0 Å². The fraction of sp³-hybridized carbons (Fsp3) is 0.364. The Morgan fingerprint density at radius 3 is 2.71 bits per heavy atom. The molecule has 0 unspecified atom stereocenters. The maximum absolute atomic E-state index is 12.6. The van der Waals surface area contributed by atoms with Crippen molar-refractivity contribution in [1.29, 1.82) is 0 Å². The van der Waals surface area contributed by atoms with Gasteiger partial charge < -0.3 is 9.32 Å². The summed E-state index contributed by atoms with van der Waals surface area (Å²) in [5, 5.41) is 4.65. The number of carbonyl (C=O) groups excluding carboxylic acids is 1. The molecule has 0 bridgehead atoms. The Balaban J connectivity index is 1.47. The second kappa shape index (κ2) is 8.02. The molecule has 0 radical (unpaired) electrons. The van der Waals surface area contributed by atoms with Gasteiger partial charge in [0.25, 0.3) is 5.91 Å². The highest BCUT2D eigenvalue weighted by atomic mass is 16.3. The van der Waals surface area contributed by atoms with Crippen molar-refractivity contribution in [2.24, 2.45) is 0 Å². The van der Waals surface area contributed by atoms with Crippen molar-refractivity contribution in [3.05, 3.63) is 71.4 Å². The van der Waals surface area contributed by atoms with E-state index in [9.17, 15) is 4.79 Å². The topological polar surface area (TPSA) is 54.5 Å². The molecule has 6 heteroatoms. The number of rotatable bonds is 4. The fourth-order valence-electron chi connectivity index (χ4n) is 3.87. The number of amides is 1. The minimum Gasteiger partial charge on any atom is -0.472 e. The lowest BCUT2D eigenvalue weighted by Crippen LogP contribution is -2.35. The first-order valence-corrected chi connectivity index (χ1v) is 9.77. The molecule has 1 aliphatic heterocycles. The third-order valence-electron chi connectivity index (χ3n) is 5.27. The molecule has 0 spiro atoms. The van der Waals surface area contributed by atoms with Crippen LogP contribution in [0.5, 0.6) is 0 Å². The molecule has 2 aromatic heterocycles. The van der Waals surface area contributed by atoms with Gasteiger partial charge in [-0.2, -0.15) is 5.10 Å². The third-order valence-corrected chi connectivity index (χ3v) is 5.27. The van der Waals surface area contributed by atoms with Crippen LogP contribution in [0.1, 0.15) is 33.7 Å². The van der Waals surface area contributed by atoms with Crippen molar-refractivity contribution in [2.75, 3.05) is 26.2 Å². The zero-order valence-corrected chi connectivity index (χ0v) is 16.5. The quantitative estimate of drug-likeness (QED) is 0.698. The van der Waals surface area contributed by atoms with Crippen molar-refractivity contribution < 1.29 is 9.21 Å². The summed E-state index contributed by atoms with van der Waals surface area (Å²) >= 11 is 0. The Morgan fingerprint density at radius 2 is 1.96 bits per heavy atom. The lowest BCUT2D eigenvalue weighted by Gasteiger charge is -2.23. The molecule has 1 amide bonds. The molecule has 1 aliphatic rings. The van der Waals surface area contributed by atoms with E-state index in [1.807, 2.05) is 16.5 Å². The van der Waals surface area contributed by atoms with E-state index >= 15 is 0 Å². The van der Waals surface area contributed by atoms with Gasteiger partial charge in [-0.25, -0.2) is 4.68 Å². The maximum Gasteiger partial charge on any atom is 0.257 e. The highest BCUT2D eigenvalue weighted by Crippen LogP contribution is 2.20. The lowest BCUT2D eigenvalue weighted by atomic mass is 10.1. The molecule has 1 fully saturated rings. The van der Waals surface area contributed by atoms with Gasteiger partial charge in [0.05, 0.1) is 23.2 Å². The largest absolute Gasteiger partial charge is 0.472 e. The normalized spacial score (nSPS) is 15.6. The van der Waals surface area contributed by atoms with E-state index in [1.54, 1.807) is 12.3 Å². The number of nitrogens with zero attached hydrogens (tertiary/aromatic N) is 4. The molecule has 0 saturated carbocycles. The third kappa shape index (κ3) is 3.87. The van der Waals surface area contributed by atoms with Crippen LogP contribution in [-0.2, 0) is 6.54 Å². The highest BCUT2D eigenvalue weighted by Gasteiger charge is 2.21. The molecular formula is C22H26N4O2. The monoisotopic (exact) mass is 378 g/mol. The average Bonchev–Trinajstić information content (AvgIpc) is 3.27. The van der Waals surface area contributed by atoms with Crippen LogP contribution in [0.3, 0.4) is 0 Å². The maximum atomic E-state index is 12.6. The van der Waals surface area contributed by atoms with Crippen LogP contribution in [0, 0.1) is 13.8 Å². The molecule has 3 heterocycles. The van der Waals surface area contributed by atoms with Gasteiger partial charge in [-0.3, -0.25) is 9.69 Å². The van der Waals surface area contributed by atoms with Gasteiger partial charge in [-0.1, -0.05) is 18.2 Å². The predicted octanol–water partition coefficient (Wildman–Crippen LogP) is 3.43. The summed E-state index contributed by atoms with van der Waals surface area (Å²) in [6.45, 7) is 8.29. The molecule has 0 atom stereocenters. The summed E-state index contributed by atoms with van der Waals surface area (Å²) in [4.78, 5) is 16.9. The number of furan rings is 1. The first-order valence-electron chi connectivity index (χ1n) is 9.77. The molecule has 0 aliphatic carbocycles. The summed E-state index contributed by atoms with van der Waals surface area (Å²) in [6, 6.07) is 12.3. The van der Waals surface area contributed by atoms with Crippen LogP contribution in [0.4, 0.5) is 0 Å². The number of carbonyl (C=O) groups is 1. The van der Waals surface area contributed by atoms with Crippen molar-refractivity contribution >= 4 is 5.91 Å². The minimum absolute atomic E-state index is 0.0543. The number of para-hydroxylation sites is 1. The lowest BCUT2D eigenvalue weighted by molar-refractivity contribution is 0.0760. The van der Waals surface area contributed by atoms with Crippen LogP contribution in [0.25, 0.3) is 5.69 Å². The van der Waals surface area contributed by atoms with Gasteiger partial charge in [-0.15, -0.1) is 0 Å². The van der Waals surface area contributed by atoms with E-state index < -0.39 is 0 Å². The van der Waals surface area contributed by atoms with Gasteiger partial charge in [0.15, 0.2) is 0 Å². The van der Waals surface area contributed by atoms with E-state index in [0.717, 1.165) is 56.2 Å². The van der Waals surface area contributed by atoms with Gasteiger partial charge >= 0.3 is 0 Å². The Kier molecular flexibility index (Phi) is 5.30. The summed E-state index contributed by atoms with van der Waals surface area (Å²) in [5.74, 6) is 0.0543. The Labute approximate surface area is 165 Å². The van der Waals surface area contributed by atoms with E-state index in [1.165, 1.54) is 11.8 Å². The number of aromatic nitrogens is 2. The SMILES string of the molecule is Cc1cc(C)n(-c2ccccc2CN2CCCN(C(=O)c3ccoc3)CC2)n1. The van der Waals surface area contributed by atoms with Gasteiger partial charge in [0, 0.05) is 38.4 Å². The molecule has 3 aromatic rings. The van der Waals surface area contributed by atoms with E-state index in [-0.39, 0.29) is 5.91 Å². The smallest absolute Gasteiger partial charge is 0.257 e. The van der Waals surface area contributed by atoms with Gasteiger partial charge in [0.2, 0.25) is 0 Å². The Hall–Kier alpha value is -2.86. The van der Waals surface area contributed by atoms with Crippen LogP contribution in [0.2, 0.25) is 0 Å². The van der Waals surface area contributed by atoms with E-state index in [2.05, 4.69) is 47.3 Å². The van der Waals surface area contributed by atoms with Crippen LogP contribution < -0.4 is 0 Å². The van der Waals surface area contributed by atoms with E-state index in [4.69, 9.17) is 4.42 Å². The molecule has 146 valence electrons. The summed E-state index contributed by atoms with van der Waals surface area (Å²) in [7, 11) is 0. The molecule has 6 nitrogen and oxygen atoms in total. The standard InChI is InChI=1S/C22H26N4O2/c1-17-14-18(2)26(23-17)21-7-4-3-6-19(21)15-24-9-5-10-25(12-11-24)22(27)20-8-13-28-16-20/h3-4,6-8,13-14,16H,5,9-12,15H2,1-2H3. The number of aryl methyl sites for hydroxylation is 2. The fourth-order valence-corrected chi connectivity index (χ4v) is 3.87. The summed E-state index contributed by atoms with van der Waals surface area (Å²) in [6.07, 6.45) is 4.04. The molecular weight excluding hydrogens is 352 g/mol. The van der Waals surface area contributed by atoms with E-state index in [0.29, 0.717) is 5.56 Å². The first-order chi connectivity index (χ1) is 13.6. The Bertz CT molecular complexity index is 945. The van der Waals surface area contributed by atoms with Crippen LogP contribution >= 0.6 is 0 Å². The van der Waals surface area contributed by atoms with Gasteiger partial charge in [0.1, 0.15) is 6.26 Å². The number of benzene rings is 1. The predicted molar refractivity (Wildman–Crippen MR) is 108 cm³/mol. The highest BCUT2D eigenvalue weighted by molar-refractivity contribution is 5.93. The zero-order chi connectivity index (χ0) is 19.5. The van der Waals surface area contributed by atoms with Crippen molar-refractivity contribution in [1.82, 2.24) is 19.6 Å². The number of hydrogen-bond acceptors (Lipinski definition) is 4. The molecule has 28 heavy (non-hydrogen) atoms. The molecule has 4 rings (SSSR count).